The van der Waals surface area contributed by atoms with Crippen molar-refractivity contribution in [3.63, 3.8) is 0 Å². The van der Waals surface area contributed by atoms with Crippen LogP contribution in [-0.4, -0.2) is 25.7 Å². The zero-order valence-corrected chi connectivity index (χ0v) is 15.1. The monoisotopic (exact) mass is 363 g/mol. The van der Waals surface area contributed by atoms with Crippen molar-refractivity contribution in [2.24, 2.45) is 5.10 Å². The van der Waals surface area contributed by atoms with E-state index in [0.29, 0.717) is 0 Å². The molecule has 3 aromatic carbocycles. The Balaban J connectivity index is 1.60. The van der Waals surface area contributed by atoms with Crippen LogP contribution in [0.5, 0.6) is 0 Å². The lowest BCUT2D eigenvalue weighted by Gasteiger charge is -2.00. The highest BCUT2D eigenvalue weighted by Gasteiger charge is 2.11. The molecule has 0 saturated heterocycles. The van der Waals surface area contributed by atoms with Gasteiger partial charge >= 0.3 is 0 Å². The first-order chi connectivity index (χ1) is 13.9. The fourth-order valence-corrected chi connectivity index (χ4v) is 3.18. The topological polar surface area (TPSA) is 48.0 Å². The molecule has 0 aliphatic rings. The number of imidazole rings is 1. The predicted octanol–water partition coefficient (Wildman–Crippen LogP) is 4.77. The Morgan fingerprint density at radius 3 is 2.32 bits per heavy atom. The van der Waals surface area contributed by atoms with Crippen molar-refractivity contribution in [3.8, 4) is 16.9 Å². The lowest BCUT2D eigenvalue weighted by molar-refractivity contribution is 0.884. The minimum absolute atomic E-state index is 0.887. The fourth-order valence-electron chi connectivity index (χ4n) is 3.18. The van der Waals surface area contributed by atoms with Crippen LogP contribution in [0.1, 0.15) is 5.56 Å². The van der Waals surface area contributed by atoms with E-state index in [1.165, 1.54) is 0 Å². The van der Waals surface area contributed by atoms with Crippen LogP contribution in [0.15, 0.2) is 103 Å². The van der Waals surface area contributed by atoms with Gasteiger partial charge in [0.05, 0.1) is 22.9 Å². The number of benzene rings is 3. The molecule has 0 saturated carbocycles. The molecule has 2 aromatic heterocycles. The number of fused-ring (bicyclic) bond motifs is 1. The molecule has 2 heterocycles. The molecular weight excluding hydrogens is 346 g/mol. The normalized spacial score (nSPS) is 11.4. The summed E-state index contributed by atoms with van der Waals surface area (Å²) in [7, 11) is 0. The van der Waals surface area contributed by atoms with Gasteiger partial charge in [0.15, 0.2) is 0 Å². The molecule has 5 nitrogen and oxygen atoms in total. The zero-order valence-electron chi connectivity index (χ0n) is 15.1. The summed E-state index contributed by atoms with van der Waals surface area (Å²) in [6, 6.07) is 28.2. The van der Waals surface area contributed by atoms with E-state index in [1.807, 2.05) is 89.9 Å². The molecule has 5 aromatic rings. The van der Waals surface area contributed by atoms with E-state index in [4.69, 9.17) is 5.10 Å². The summed E-state index contributed by atoms with van der Waals surface area (Å²) in [4.78, 5) is 4.39. The predicted molar refractivity (Wildman–Crippen MR) is 112 cm³/mol. The van der Waals surface area contributed by atoms with Crippen LogP contribution in [0, 0.1) is 0 Å². The number of nitrogens with zero attached hydrogens (tertiary/aromatic N) is 5. The maximum atomic E-state index is 4.81. The average Bonchev–Trinajstić information content (AvgIpc) is 3.38. The molecule has 0 amide bonds. The van der Waals surface area contributed by atoms with Gasteiger partial charge in [0.1, 0.15) is 12.0 Å². The Kier molecular flexibility index (Phi) is 4.03. The Hall–Kier alpha value is -3.99. The third kappa shape index (κ3) is 2.99. The van der Waals surface area contributed by atoms with Gasteiger partial charge in [-0.3, -0.25) is 0 Å². The molecule has 0 bridgehead atoms. The second-order valence-electron chi connectivity index (χ2n) is 6.40. The Labute approximate surface area is 162 Å². The van der Waals surface area contributed by atoms with Crippen LogP contribution in [0.4, 0.5) is 0 Å². The van der Waals surface area contributed by atoms with E-state index in [0.717, 1.165) is 33.5 Å². The number of para-hydroxylation sites is 3. The molecule has 0 unspecified atom stereocenters. The first-order valence-electron chi connectivity index (χ1n) is 9.05. The summed E-state index contributed by atoms with van der Waals surface area (Å²) in [5.74, 6) is 0. The van der Waals surface area contributed by atoms with Crippen LogP contribution in [-0.2, 0) is 0 Å². The second kappa shape index (κ2) is 6.96. The van der Waals surface area contributed by atoms with Gasteiger partial charge in [-0.1, -0.05) is 60.7 Å². The highest BCUT2D eigenvalue weighted by Crippen LogP contribution is 2.22. The average molecular weight is 363 g/mol. The standard InChI is InChI=1S/C23H17N5/c1-3-9-18(10-4-1)23-19(16-27(26-23)20-11-5-2-6-12-20)15-25-28-17-24-21-13-7-8-14-22(21)28/h1-17H/b25-15-. The van der Waals surface area contributed by atoms with Crippen molar-refractivity contribution in [1.29, 1.82) is 0 Å². The summed E-state index contributed by atoms with van der Waals surface area (Å²) in [5.41, 5.74) is 5.77. The van der Waals surface area contributed by atoms with Gasteiger partial charge in [-0.15, -0.1) is 0 Å². The molecule has 5 heteroatoms. The van der Waals surface area contributed by atoms with Crippen molar-refractivity contribution in [2.75, 3.05) is 0 Å². The Morgan fingerprint density at radius 2 is 1.50 bits per heavy atom. The summed E-state index contributed by atoms with van der Waals surface area (Å²) >= 11 is 0. The van der Waals surface area contributed by atoms with E-state index in [2.05, 4.69) is 22.2 Å². The maximum absolute atomic E-state index is 4.81. The van der Waals surface area contributed by atoms with Crippen molar-refractivity contribution in [2.45, 2.75) is 0 Å². The van der Waals surface area contributed by atoms with Crippen LogP contribution in [0.25, 0.3) is 28.0 Å². The number of rotatable bonds is 4. The highest BCUT2D eigenvalue weighted by molar-refractivity contribution is 5.89. The molecule has 134 valence electrons. The molecular formula is C23H17N5. The van der Waals surface area contributed by atoms with Crippen molar-refractivity contribution < 1.29 is 0 Å². The van der Waals surface area contributed by atoms with E-state index >= 15 is 0 Å². The molecule has 0 atom stereocenters. The van der Waals surface area contributed by atoms with E-state index < -0.39 is 0 Å². The highest BCUT2D eigenvalue weighted by atomic mass is 15.4. The van der Waals surface area contributed by atoms with Gasteiger partial charge in [-0.2, -0.15) is 10.2 Å². The first kappa shape index (κ1) is 16.2. The largest absolute Gasteiger partial charge is 0.240 e. The lowest BCUT2D eigenvalue weighted by atomic mass is 10.1. The molecule has 0 aliphatic carbocycles. The van der Waals surface area contributed by atoms with E-state index in [-0.39, 0.29) is 0 Å². The minimum Gasteiger partial charge on any atom is -0.240 e. The molecule has 0 fully saturated rings. The van der Waals surface area contributed by atoms with Crippen LogP contribution >= 0.6 is 0 Å². The van der Waals surface area contributed by atoms with Crippen LogP contribution in [0.3, 0.4) is 0 Å². The number of hydrogen-bond acceptors (Lipinski definition) is 3. The summed E-state index contributed by atoms with van der Waals surface area (Å²) < 4.78 is 3.67. The second-order valence-corrected chi connectivity index (χ2v) is 6.40. The van der Waals surface area contributed by atoms with Gasteiger partial charge in [-0.05, 0) is 24.3 Å². The van der Waals surface area contributed by atoms with Gasteiger partial charge in [0.2, 0.25) is 0 Å². The van der Waals surface area contributed by atoms with Crippen molar-refractivity contribution in [3.05, 3.63) is 103 Å². The summed E-state index contributed by atoms with van der Waals surface area (Å²) in [6.07, 6.45) is 5.56. The maximum Gasteiger partial charge on any atom is 0.118 e. The third-order valence-electron chi connectivity index (χ3n) is 4.57. The number of aromatic nitrogens is 4. The molecule has 5 rings (SSSR count). The molecule has 0 radical (unpaired) electrons. The van der Waals surface area contributed by atoms with Crippen molar-refractivity contribution in [1.82, 2.24) is 19.4 Å². The number of hydrogen-bond donors (Lipinski definition) is 0. The molecule has 0 spiro atoms. The van der Waals surface area contributed by atoms with E-state index in [1.54, 1.807) is 11.0 Å². The van der Waals surface area contributed by atoms with Gasteiger partial charge in [0, 0.05) is 17.3 Å². The van der Waals surface area contributed by atoms with Gasteiger partial charge in [-0.25, -0.2) is 14.3 Å². The first-order valence-corrected chi connectivity index (χ1v) is 9.05. The SMILES string of the molecule is C(=N/n1cnc2ccccc21)/c1cn(-c2ccccc2)nc1-c1ccccc1. The molecule has 0 N–H and O–H groups in total. The summed E-state index contributed by atoms with van der Waals surface area (Å²) in [6.45, 7) is 0. The minimum atomic E-state index is 0.887. The zero-order chi connectivity index (χ0) is 18.8. The fraction of sp³-hybridized carbons (Fsp3) is 0. The van der Waals surface area contributed by atoms with Gasteiger partial charge in [0.25, 0.3) is 0 Å². The Bertz CT molecular complexity index is 1250. The Morgan fingerprint density at radius 1 is 0.786 bits per heavy atom. The van der Waals surface area contributed by atoms with Crippen LogP contribution in [0.2, 0.25) is 0 Å². The van der Waals surface area contributed by atoms with E-state index in [9.17, 15) is 0 Å². The van der Waals surface area contributed by atoms with Crippen molar-refractivity contribution >= 4 is 17.2 Å². The quantitative estimate of drug-likeness (QED) is 0.432. The molecule has 28 heavy (non-hydrogen) atoms. The third-order valence-corrected chi connectivity index (χ3v) is 4.57. The lowest BCUT2D eigenvalue weighted by Crippen LogP contribution is -1.93. The summed E-state index contributed by atoms with van der Waals surface area (Å²) in [5, 5.41) is 9.45. The smallest absolute Gasteiger partial charge is 0.118 e. The van der Waals surface area contributed by atoms with Crippen LogP contribution < -0.4 is 0 Å². The van der Waals surface area contributed by atoms with Gasteiger partial charge < -0.3 is 0 Å². The molecule has 0 aliphatic heterocycles.